The maximum Gasteiger partial charge on any atom is 0.184 e. The molecule has 0 radical (unpaired) electrons. The monoisotopic (exact) mass is 262 g/mol. The summed E-state index contributed by atoms with van der Waals surface area (Å²) in [5.41, 5.74) is 8.60. The van der Waals surface area contributed by atoms with E-state index in [1.807, 2.05) is 24.3 Å². The molecule has 1 aromatic carbocycles. The summed E-state index contributed by atoms with van der Waals surface area (Å²) in [7, 11) is 0. The minimum atomic E-state index is 0.128. The van der Waals surface area contributed by atoms with E-state index in [2.05, 4.69) is 28.8 Å². The Hall–Kier alpha value is -2.13. The Balaban J connectivity index is 2.40. The van der Waals surface area contributed by atoms with Crippen LogP contribution in [0.15, 0.2) is 29.4 Å². The first-order valence-corrected chi connectivity index (χ1v) is 5.81. The molecule has 0 spiro atoms. The Bertz CT molecular complexity index is 450. The molecule has 0 fully saturated rings. The first-order chi connectivity index (χ1) is 8.72. The van der Waals surface area contributed by atoms with Crippen molar-refractivity contribution in [1.29, 1.82) is 5.26 Å². The first kappa shape index (κ1) is 13.9. The van der Waals surface area contributed by atoms with Crippen LogP contribution in [-0.2, 0) is 0 Å². The smallest absolute Gasteiger partial charge is 0.184 e. The van der Waals surface area contributed by atoms with Crippen molar-refractivity contribution in [2.45, 2.75) is 12.8 Å². The summed E-state index contributed by atoms with van der Waals surface area (Å²) in [6, 6.07) is 9.48. The van der Waals surface area contributed by atoms with Crippen LogP contribution >= 0.6 is 12.2 Å². The van der Waals surface area contributed by atoms with Crippen LogP contribution in [0.5, 0.6) is 5.75 Å². The van der Waals surface area contributed by atoms with Gasteiger partial charge in [0.1, 0.15) is 5.75 Å². The van der Waals surface area contributed by atoms with Gasteiger partial charge in [-0.15, -0.1) is 0 Å². The third kappa shape index (κ3) is 5.82. The van der Waals surface area contributed by atoms with Crippen LogP contribution in [0.2, 0.25) is 0 Å². The molecule has 0 saturated carbocycles. The molecule has 0 heterocycles. The molecule has 0 aromatic heterocycles. The number of nitrogens with zero attached hydrogens (tertiary/aromatic N) is 2. The van der Waals surface area contributed by atoms with Gasteiger partial charge in [-0.2, -0.15) is 10.4 Å². The number of nitrogens with one attached hydrogen (secondary N) is 1. The summed E-state index contributed by atoms with van der Waals surface area (Å²) in [5.74, 6) is 0.771. The number of hydrazone groups is 1. The van der Waals surface area contributed by atoms with E-state index < -0.39 is 0 Å². The van der Waals surface area contributed by atoms with Crippen molar-refractivity contribution < 1.29 is 4.74 Å². The van der Waals surface area contributed by atoms with Crippen LogP contribution in [0, 0.1) is 11.3 Å². The summed E-state index contributed by atoms with van der Waals surface area (Å²) < 4.78 is 5.45. The second kappa shape index (κ2) is 8.03. The van der Waals surface area contributed by atoms with Gasteiger partial charge < -0.3 is 10.5 Å². The molecule has 18 heavy (non-hydrogen) atoms. The molecular weight excluding hydrogens is 248 g/mol. The molecule has 0 saturated heterocycles. The van der Waals surface area contributed by atoms with Crippen molar-refractivity contribution in [2.75, 3.05) is 6.61 Å². The number of nitriles is 1. The third-order valence-electron chi connectivity index (χ3n) is 1.97. The van der Waals surface area contributed by atoms with Gasteiger partial charge in [-0.3, -0.25) is 5.43 Å². The van der Waals surface area contributed by atoms with Crippen molar-refractivity contribution >= 4 is 23.5 Å². The second-order valence-electron chi connectivity index (χ2n) is 3.41. The summed E-state index contributed by atoms with van der Waals surface area (Å²) >= 11 is 4.61. The Morgan fingerprint density at radius 3 is 2.83 bits per heavy atom. The average molecular weight is 262 g/mol. The highest BCUT2D eigenvalue weighted by atomic mass is 32.1. The van der Waals surface area contributed by atoms with E-state index in [1.54, 1.807) is 6.21 Å². The fourth-order valence-electron chi connectivity index (χ4n) is 1.16. The predicted molar refractivity (Wildman–Crippen MR) is 74.3 cm³/mol. The highest BCUT2D eigenvalue weighted by molar-refractivity contribution is 7.80. The molecule has 5 nitrogen and oxygen atoms in total. The summed E-state index contributed by atoms with van der Waals surface area (Å²) in [5, 5.41) is 12.3. The number of hydrogen-bond acceptors (Lipinski definition) is 4. The number of nitrogens with two attached hydrogens (primary N) is 1. The van der Waals surface area contributed by atoms with Crippen molar-refractivity contribution in [1.82, 2.24) is 5.43 Å². The fraction of sp³-hybridized carbons (Fsp3) is 0.250. The van der Waals surface area contributed by atoms with Gasteiger partial charge in [-0.25, -0.2) is 0 Å². The minimum Gasteiger partial charge on any atom is -0.494 e. The molecule has 6 heteroatoms. The quantitative estimate of drug-likeness (QED) is 0.351. The standard InChI is InChI=1S/C12H14N4OS/c13-7-1-2-8-17-11-5-3-10(4-6-11)9-15-16-12(14)18/h3-6,9H,1-2,8H2,(H3,14,16,18). The molecule has 0 unspecified atom stereocenters. The van der Waals surface area contributed by atoms with Crippen molar-refractivity contribution in [3.05, 3.63) is 29.8 Å². The van der Waals surface area contributed by atoms with E-state index in [1.165, 1.54) is 0 Å². The van der Waals surface area contributed by atoms with E-state index in [4.69, 9.17) is 15.7 Å². The molecule has 0 bridgehead atoms. The third-order valence-corrected chi connectivity index (χ3v) is 2.06. The molecular formula is C12H14N4OS. The molecule has 0 atom stereocenters. The van der Waals surface area contributed by atoms with Crippen LogP contribution in [0.3, 0.4) is 0 Å². The number of unbranched alkanes of at least 4 members (excludes halogenated alkanes) is 1. The lowest BCUT2D eigenvalue weighted by Gasteiger charge is -2.04. The molecule has 0 aliphatic heterocycles. The number of ether oxygens (including phenoxy) is 1. The van der Waals surface area contributed by atoms with Crippen LogP contribution in [-0.4, -0.2) is 17.9 Å². The van der Waals surface area contributed by atoms with Crippen molar-refractivity contribution in [3.63, 3.8) is 0 Å². The zero-order valence-electron chi connectivity index (χ0n) is 9.80. The van der Waals surface area contributed by atoms with Crippen LogP contribution < -0.4 is 15.9 Å². The fourth-order valence-corrected chi connectivity index (χ4v) is 1.21. The van der Waals surface area contributed by atoms with Crippen LogP contribution in [0.4, 0.5) is 0 Å². The van der Waals surface area contributed by atoms with Gasteiger partial charge in [-0.05, 0) is 48.5 Å². The number of hydrogen-bond donors (Lipinski definition) is 2. The molecule has 3 N–H and O–H groups in total. The molecule has 94 valence electrons. The molecule has 0 amide bonds. The number of benzene rings is 1. The van der Waals surface area contributed by atoms with Gasteiger partial charge >= 0.3 is 0 Å². The van der Waals surface area contributed by atoms with Crippen molar-refractivity contribution in [3.8, 4) is 11.8 Å². The predicted octanol–water partition coefficient (Wildman–Crippen LogP) is 1.54. The minimum absolute atomic E-state index is 0.128. The van der Waals surface area contributed by atoms with E-state index in [0.29, 0.717) is 13.0 Å². The van der Waals surface area contributed by atoms with E-state index in [9.17, 15) is 0 Å². The van der Waals surface area contributed by atoms with E-state index in [0.717, 1.165) is 17.7 Å². The molecule has 0 aliphatic carbocycles. The van der Waals surface area contributed by atoms with E-state index >= 15 is 0 Å². The van der Waals surface area contributed by atoms with E-state index in [-0.39, 0.29) is 5.11 Å². The van der Waals surface area contributed by atoms with Crippen LogP contribution in [0.1, 0.15) is 18.4 Å². The first-order valence-electron chi connectivity index (χ1n) is 5.40. The van der Waals surface area contributed by atoms with Gasteiger partial charge in [0.2, 0.25) is 0 Å². The summed E-state index contributed by atoms with van der Waals surface area (Å²) in [4.78, 5) is 0. The lowest BCUT2D eigenvalue weighted by atomic mass is 10.2. The topological polar surface area (TPSA) is 83.4 Å². The number of thiocarbonyl (C=S) groups is 1. The Labute approximate surface area is 111 Å². The summed E-state index contributed by atoms with van der Waals surface area (Å²) in [6.07, 6.45) is 2.85. The Morgan fingerprint density at radius 1 is 1.50 bits per heavy atom. The van der Waals surface area contributed by atoms with Gasteiger partial charge in [0.25, 0.3) is 0 Å². The van der Waals surface area contributed by atoms with Gasteiger partial charge in [0, 0.05) is 6.42 Å². The maximum absolute atomic E-state index is 8.38. The Morgan fingerprint density at radius 2 is 2.22 bits per heavy atom. The zero-order chi connectivity index (χ0) is 13.2. The van der Waals surface area contributed by atoms with Gasteiger partial charge in [0.15, 0.2) is 5.11 Å². The maximum atomic E-state index is 8.38. The van der Waals surface area contributed by atoms with Crippen molar-refractivity contribution in [2.24, 2.45) is 10.8 Å². The lowest BCUT2D eigenvalue weighted by molar-refractivity contribution is 0.312. The van der Waals surface area contributed by atoms with Crippen LogP contribution in [0.25, 0.3) is 0 Å². The molecule has 1 aromatic rings. The average Bonchev–Trinajstić information content (AvgIpc) is 2.36. The summed E-state index contributed by atoms with van der Waals surface area (Å²) in [6.45, 7) is 0.546. The van der Waals surface area contributed by atoms with Gasteiger partial charge in [0.05, 0.1) is 18.9 Å². The molecule has 1 rings (SSSR count). The SMILES string of the molecule is N#CCCCOc1ccc(C=NNC(N)=S)cc1. The highest BCUT2D eigenvalue weighted by Crippen LogP contribution is 2.11. The lowest BCUT2D eigenvalue weighted by Crippen LogP contribution is -2.23. The number of rotatable bonds is 6. The highest BCUT2D eigenvalue weighted by Gasteiger charge is 1.94. The largest absolute Gasteiger partial charge is 0.494 e. The second-order valence-corrected chi connectivity index (χ2v) is 3.85. The zero-order valence-corrected chi connectivity index (χ0v) is 10.6. The molecule has 0 aliphatic rings. The Kier molecular flexibility index (Phi) is 6.22. The van der Waals surface area contributed by atoms with Gasteiger partial charge in [-0.1, -0.05) is 0 Å². The normalized spacial score (nSPS) is 9.94.